The summed E-state index contributed by atoms with van der Waals surface area (Å²) in [6, 6.07) is 8.07. The lowest BCUT2D eigenvalue weighted by Gasteiger charge is -2.44. The number of benzene rings is 1. The van der Waals surface area contributed by atoms with E-state index in [0.717, 1.165) is 21.3 Å². The molecule has 4 nitrogen and oxygen atoms in total. The minimum absolute atomic E-state index is 0.116. The standard InChI is InChI=1S/C27H35BrN2O2Si/c1-16(2)33(17(3)4,18(5)6)30-12-11-19(15-30)22-14-24(32-27(22,7)8)25-21-10-9-20(28)13-23(21)29-26(25)31/h9-18H,1-8H3,(H,29,31). The van der Waals surface area contributed by atoms with Gasteiger partial charge in [-0.25, -0.2) is 0 Å². The van der Waals surface area contributed by atoms with Gasteiger partial charge in [-0.3, -0.25) is 4.79 Å². The number of aromatic nitrogens is 1. The maximum atomic E-state index is 12.9. The number of hydrogen-bond donors (Lipinski definition) is 1. The Kier molecular flexibility index (Phi) is 6.07. The van der Waals surface area contributed by atoms with Crippen molar-refractivity contribution in [1.29, 1.82) is 0 Å². The Labute approximate surface area is 207 Å². The molecule has 176 valence electrons. The van der Waals surface area contributed by atoms with Gasteiger partial charge in [0.05, 0.1) is 11.3 Å². The number of nitrogens with one attached hydrogen (secondary N) is 1. The molecule has 33 heavy (non-hydrogen) atoms. The second kappa shape index (κ2) is 8.31. The minimum Gasteiger partial charge on any atom is -0.482 e. The van der Waals surface area contributed by atoms with Crippen LogP contribution in [0.1, 0.15) is 66.5 Å². The highest BCUT2D eigenvalue weighted by atomic mass is 79.9. The molecule has 0 saturated carbocycles. The number of anilines is 1. The van der Waals surface area contributed by atoms with Crippen LogP contribution in [0.5, 0.6) is 0 Å². The molecule has 1 aromatic heterocycles. The van der Waals surface area contributed by atoms with Gasteiger partial charge in [0.25, 0.3) is 5.91 Å². The van der Waals surface area contributed by atoms with Crippen molar-refractivity contribution in [3.63, 3.8) is 0 Å². The zero-order valence-electron chi connectivity index (χ0n) is 20.9. The van der Waals surface area contributed by atoms with Gasteiger partial charge in [0.2, 0.25) is 0 Å². The predicted molar refractivity (Wildman–Crippen MR) is 144 cm³/mol. The lowest BCUT2D eigenvalue weighted by atomic mass is 9.94. The summed E-state index contributed by atoms with van der Waals surface area (Å²) in [6.45, 7) is 18.4. The molecule has 0 radical (unpaired) electrons. The van der Waals surface area contributed by atoms with Gasteiger partial charge in [-0.05, 0) is 66.5 Å². The summed E-state index contributed by atoms with van der Waals surface area (Å²) in [7, 11) is -1.82. The first kappa shape index (κ1) is 24.1. The minimum atomic E-state index is -1.82. The van der Waals surface area contributed by atoms with Crippen molar-refractivity contribution < 1.29 is 9.53 Å². The van der Waals surface area contributed by atoms with E-state index in [9.17, 15) is 4.79 Å². The molecule has 1 amide bonds. The molecule has 6 heteroatoms. The van der Waals surface area contributed by atoms with E-state index in [1.165, 1.54) is 5.56 Å². The highest BCUT2D eigenvalue weighted by molar-refractivity contribution is 9.10. The molecule has 0 spiro atoms. The van der Waals surface area contributed by atoms with Crippen LogP contribution in [0.15, 0.2) is 53.0 Å². The summed E-state index contributed by atoms with van der Waals surface area (Å²) in [4.78, 5) is 12.9. The Balaban J connectivity index is 1.82. The second-order valence-corrected chi connectivity index (χ2v) is 17.4. The summed E-state index contributed by atoms with van der Waals surface area (Å²) in [5.74, 6) is 0.524. The molecule has 0 fully saturated rings. The van der Waals surface area contributed by atoms with Crippen molar-refractivity contribution in [2.24, 2.45) is 0 Å². The number of nitrogens with zero attached hydrogens (tertiary/aromatic N) is 1. The largest absolute Gasteiger partial charge is 0.482 e. The van der Waals surface area contributed by atoms with Gasteiger partial charge in [-0.2, -0.15) is 0 Å². The molecule has 1 N–H and O–H groups in total. The van der Waals surface area contributed by atoms with Crippen LogP contribution in [-0.4, -0.2) is 24.0 Å². The number of hydrogen-bond acceptors (Lipinski definition) is 2. The van der Waals surface area contributed by atoms with Crippen LogP contribution in [0.4, 0.5) is 5.69 Å². The zero-order chi connectivity index (χ0) is 24.3. The number of ether oxygens (including phenoxy) is 1. The fourth-order valence-corrected chi connectivity index (χ4v) is 13.1. The van der Waals surface area contributed by atoms with E-state index in [1.54, 1.807) is 0 Å². The van der Waals surface area contributed by atoms with E-state index in [2.05, 4.69) is 105 Å². The lowest BCUT2D eigenvalue weighted by molar-refractivity contribution is -0.111. The SMILES string of the molecule is CC(C)[Si](C(C)C)(C(C)C)n1ccc(C2=CC(=C3C(=O)Nc4cc(Br)ccc43)OC2(C)C)c1. The van der Waals surface area contributed by atoms with E-state index in [4.69, 9.17) is 4.74 Å². The molecular weight excluding hydrogens is 492 g/mol. The van der Waals surface area contributed by atoms with Gasteiger partial charge in [-0.1, -0.05) is 63.5 Å². The van der Waals surface area contributed by atoms with Crippen LogP contribution >= 0.6 is 15.9 Å². The lowest BCUT2D eigenvalue weighted by Crippen LogP contribution is -2.51. The van der Waals surface area contributed by atoms with Crippen molar-refractivity contribution >= 4 is 46.9 Å². The number of allylic oxidation sites excluding steroid dienone is 1. The third-order valence-corrected chi connectivity index (χ3v) is 14.7. The number of fused-ring (bicyclic) bond motifs is 1. The molecule has 4 rings (SSSR count). The Morgan fingerprint density at radius 3 is 2.27 bits per heavy atom. The number of rotatable bonds is 5. The highest BCUT2D eigenvalue weighted by Crippen LogP contribution is 2.47. The normalized spacial score (nSPS) is 19.9. The van der Waals surface area contributed by atoms with Gasteiger partial charge in [0, 0.05) is 21.8 Å². The molecule has 0 saturated heterocycles. The average Bonchev–Trinajstić information content (AvgIpc) is 3.35. The molecule has 2 aliphatic rings. The summed E-state index contributed by atoms with van der Waals surface area (Å²) in [5, 5.41) is 2.97. The molecular formula is C27H35BrN2O2Si. The number of carbonyl (C=O) groups is 1. The van der Waals surface area contributed by atoms with E-state index >= 15 is 0 Å². The first-order chi connectivity index (χ1) is 15.4. The molecule has 0 atom stereocenters. The summed E-state index contributed by atoms with van der Waals surface area (Å²) in [5.41, 5.74) is 5.92. The molecule has 1 aromatic carbocycles. The van der Waals surface area contributed by atoms with Crippen LogP contribution in [0.25, 0.3) is 11.1 Å². The quantitative estimate of drug-likeness (QED) is 0.318. The van der Waals surface area contributed by atoms with Crippen LogP contribution in [0, 0.1) is 0 Å². The van der Waals surface area contributed by atoms with Crippen molar-refractivity contribution in [3.8, 4) is 0 Å². The van der Waals surface area contributed by atoms with Crippen molar-refractivity contribution in [2.45, 2.75) is 77.6 Å². The van der Waals surface area contributed by atoms with Crippen molar-refractivity contribution in [3.05, 3.63) is 64.1 Å². The average molecular weight is 528 g/mol. The highest BCUT2D eigenvalue weighted by Gasteiger charge is 2.45. The third kappa shape index (κ3) is 3.75. The van der Waals surface area contributed by atoms with Crippen LogP contribution < -0.4 is 5.32 Å². The van der Waals surface area contributed by atoms with Gasteiger partial charge in [0.15, 0.2) is 8.24 Å². The molecule has 2 aromatic rings. The van der Waals surface area contributed by atoms with Gasteiger partial charge < -0.3 is 14.3 Å². The number of halogens is 1. The first-order valence-electron chi connectivity index (χ1n) is 11.8. The first-order valence-corrected chi connectivity index (χ1v) is 14.8. The van der Waals surface area contributed by atoms with Crippen LogP contribution in [0.3, 0.4) is 0 Å². The number of amides is 1. The van der Waals surface area contributed by atoms with Crippen molar-refractivity contribution in [2.75, 3.05) is 5.32 Å². The monoisotopic (exact) mass is 526 g/mol. The van der Waals surface area contributed by atoms with E-state index < -0.39 is 13.8 Å². The summed E-state index contributed by atoms with van der Waals surface area (Å²) >= 11 is 3.49. The Morgan fingerprint density at radius 2 is 1.67 bits per heavy atom. The third-order valence-electron chi connectivity index (χ3n) is 7.49. The Bertz CT molecular complexity index is 1150. The molecule has 2 aliphatic heterocycles. The maximum absolute atomic E-state index is 12.9. The number of carbonyl (C=O) groups excluding carboxylic acids is 1. The van der Waals surface area contributed by atoms with Gasteiger partial charge in [0.1, 0.15) is 11.4 Å². The second-order valence-electron chi connectivity index (χ2n) is 10.7. The molecule has 3 heterocycles. The zero-order valence-corrected chi connectivity index (χ0v) is 23.5. The molecule has 0 bridgehead atoms. The summed E-state index contributed by atoms with van der Waals surface area (Å²) < 4.78 is 9.90. The van der Waals surface area contributed by atoms with E-state index in [0.29, 0.717) is 28.0 Å². The maximum Gasteiger partial charge on any atom is 0.260 e. The van der Waals surface area contributed by atoms with E-state index in [-0.39, 0.29) is 5.91 Å². The Hall–Kier alpha value is -2.05. The van der Waals surface area contributed by atoms with Gasteiger partial charge in [-0.15, -0.1) is 0 Å². The smallest absolute Gasteiger partial charge is 0.260 e. The van der Waals surface area contributed by atoms with Gasteiger partial charge >= 0.3 is 0 Å². The fraction of sp³-hybridized carbons (Fsp3) is 0.444. The Morgan fingerprint density at radius 1 is 1.03 bits per heavy atom. The topological polar surface area (TPSA) is 43.3 Å². The van der Waals surface area contributed by atoms with E-state index in [1.807, 2.05) is 18.2 Å². The fourth-order valence-electron chi connectivity index (χ4n) is 6.30. The molecule has 0 aliphatic carbocycles. The molecule has 0 unspecified atom stereocenters. The summed E-state index contributed by atoms with van der Waals surface area (Å²) in [6.07, 6.45) is 6.67. The van der Waals surface area contributed by atoms with Crippen molar-refractivity contribution in [1.82, 2.24) is 4.23 Å². The predicted octanol–water partition coefficient (Wildman–Crippen LogP) is 7.83. The van der Waals surface area contributed by atoms with Crippen LogP contribution in [-0.2, 0) is 9.53 Å². The van der Waals surface area contributed by atoms with Crippen LogP contribution in [0.2, 0.25) is 16.6 Å².